The van der Waals surface area contributed by atoms with Gasteiger partial charge in [0.2, 0.25) is 0 Å². The Morgan fingerprint density at radius 3 is 2.59 bits per heavy atom. The van der Waals surface area contributed by atoms with Crippen molar-refractivity contribution >= 4 is 0 Å². The third-order valence-electron chi connectivity index (χ3n) is 3.81. The van der Waals surface area contributed by atoms with Crippen LogP contribution in [0.15, 0.2) is 0 Å². The molecule has 1 saturated carbocycles. The normalized spacial score (nSPS) is 26.5. The van der Waals surface area contributed by atoms with Crippen LogP contribution >= 0.6 is 0 Å². The van der Waals surface area contributed by atoms with Gasteiger partial charge in [0, 0.05) is 18.6 Å². The van der Waals surface area contributed by atoms with Gasteiger partial charge in [0.05, 0.1) is 12.7 Å². The Bertz CT molecular complexity index is 197. The predicted molar refractivity (Wildman–Crippen MR) is 73.4 cm³/mol. The highest BCUT2D eigenvalue weighted by Crippen LogP contribution is 2.21. The molecule has 1 fully saturated rings. The molecule has 3 nitrogen and oxygen atoms in total. The number of nitrogens with one attached hydrogen (secondary N) is 1. The standard InChI is InChI=1S/C14H30N2O/c1-12(2)17-11-10-16(4)14-9-7-5-6-8-13(14)15-3/h12-15H,5-11H2,1-4H3. The van der Waals surface area contributed by atoms with Crippen LogP contribution in [0.2, 0.25) is 0 Å². The summed E-state index contributed by atoms with van der Waals surface area (Å²) < 4.78 is 5.64. The van der Waals surface area contributed by atoms with Gasteiger partial charge in [-0.15, -0.1) is 0 Å². The first kappa shape index (κ1) is 14.9. The second kappa shape index (κ2) is 8.06. The van der Waals surface area contributed by atoms with E-state index < -0.39 is 0 Å². The molecule has 17 heavy (non-hydrogen) atoms. The fraction of sp³-hybridized carbons (Fsp3) is 1.00. The maximum atomic E-state index is 5.64. The van der Waals surface area contributed by atoms with Crippen molar-refractivity contribution in [2.45, 2.75) is 64.1 Å². The lowest BCUT2D eigenvalue weighted by Crippen LogP contribution is -2.47. The molecule has 0 spiro atoms. The van der Waals surface area contributed by atoms with Crippen LogP contribution in [0.3, 0.4) is 0 Å². The van der Waals surface area contributed by atoms with Crippen LogP contribution in [-0.4, -0.2) is 50.3 Å². The van der Waals surface area contributed by atoms with Crippen LogP contribution < -0.4 is 5.32 Å². The van der Waals surface area contributed by atoms with Crippen LogP contribution in [0, 0.1) is 0 Å². The number of hydrogen-bond donors (Lipinski definition) is 1. The van der Waals surface area contributed by atoms with Crippen molar-refractivity contribution in [2.75, 3.05) is 27.2 Å². The van der Waals surface area contributed by atoms with Crippen LogP contribution in [-0.2, 0) is 4.74 Å². The summed E-state index contributed by atoms with van der Waals surface area (Å²) in [6, 6.07) is 1.33. The van der Waals surface area contributed by atoms with Gasteiger partial charge in [-0.3, -0.25) is 4.90 Å². The molecule has 0 heterocycles. The molecule has 1 aliphatic rings. The minimum Gasteiger partial charge on any atom is -0.377 e. The summed E-state index contributed by atoms with van der Waals surface area (Å²) in [5, 5.41) is 3.49. The second-order valence-corrected chi connectivity index (χ2v) is 5.50. The molecule has 0 aromatic heterocycles. The van der Waals surface area contributed by atoms with Crippen molar-refractivity contribution in [2.24, 2.45) is 0 Å². The molecular weight excluding hydrogens is 212 g/mol. The average molecular weight is 242 g/mol. The molecule has 2 atom stereocenters. The summed E-state index contributed by atoms with van der Waals surface area (Å²) >= 11 is 0. The Kier molecular flexibility index (Phi) is 7.09. The zero-order chi connectivity index (χ0) is 12.7. The maximum absolute atomic E-state index is 5.64. The van der Waals surface area contributed by atoms with Gasteiger partial charge in [0.1, 0.15) is 0 Å². The Balaban J connectivity index is 2.37. The first-order valence-corrected chi connectivity index (χ1v) is 7.14. The summed E-state index contributed by atoms with van der Waals surface area (Å²) in [7, 11) is 4.34. The van der Waals surface area contributed by atoms with E-state index in [4.69, 9.17) is 4.74 Å². The minimum absolute atomic E-state index is 0.345. The molecule has 0 aromatic carbocycles. The first-order chi connectivity index (χ1) is 8.15. The molecule has 1 rings (SSSR count). The molecule has 1 aliphatic carbocycles. The molecule has 2 unspecified atom stereocenters. The summed E-state index contributed by atoms with van der Waals surface area (Å²) in [6.07, 6.45) is 7.12. The van der Waals surface area contributed by atoms with E-state index in [1.165, 1.54) is 32.1 Å². The van der Waals surface area contributed by atoms with E-state index >= 15 is 0 Å². The number of ether oxygens (including phenoxy) is 1. The van der Waals surface area contributed by atoms with Gasteiger partial charge in [-0.05, 0) is 40.8 Å². The highest BCUT2D eigenvalue weighted by molar-refractivity contribution is 4.84. The van der Waals surface area contributed by atoms with Gasteiger partial charge in [-0.1, -0.05) is 19.3 Å². The molecule has 0 bridgehead atoms. The SMILES string of the molecule is CNC1CCCCCC1N(C)CCOC(C)C. The van der Waals surface area contributed by atoms with Gasteiger partial charge in [0.25, 0.3) is 0 Å². The Morgan fingerprint density at radius 1 is 1.24 bits per heavy atom. The topological polar surface area (TPSA) is 24.5 Å². The van der Waals surface area contributed by atoms with Crippen LogP contribution in [0.1, 0.15) is 46.0 Å². The van der Waals surface area contributed by atoms with Crippen molar-refractivity contribution in [1.29, 1.82) is 0 Å². The van der Waals surface area contributed by atoms with Crippen LogP contribution in [0.5, 0.6) is 0 Å². The Labute approximate surface area is 107 Å². The van der Waals surface area contributed by atoms with E-state index in [9.17, 15) is 0 Å². The lowest BCUT2D eigenvalue weighted by atomic mass is 10.0. The van der Waals surface area contributed by atoms with Gasteiger partial charge in [-0.2, -0.15) is 0 Å². The summed E-state index contributed by atoms with van der Waals surface area (Å²) in [6.45, 7) is 6.09. The number of hydrogen-bond acceptors (Lipinski definition) is 3. The Hall–Kier alpha value is -0.120. The molecule has 0 aliphatic heterocycles. The maximum Gasteiger partial charge on any atom is 0.0596 e. The van der Waals surface area contributed by atoms with Gasteiger partial charge < -0.3 is 10.1 Å². The quantitative estimate of drug-likeness (QED) is 0.723. The monoisotopic (exact) mass is 242 g/mol. The lowest BCUT2D eigenvalue weighted by molar-refractivity contribution is 0.0507. The third-order valence-corrected chi connectivity index (χ3v) is 3.81. The highest BCUT2D eigenvalue weighted by Gasteiger charge is 2.25. The van der Waals surface area contributed by atoms with E-state index in [-0.39, 0.29) is 0 Å². The number of nitrogens with zero attached hydrogens (tertiary/aromatic N) is 1. The lowest BCUT2D eigenvalue weighted by Gasteiger charge is -2.33. The molecule has 3 heteroatoms. The summed E-state index contributed by atoms with van der Waals surface area (Å²) in [4.78, 5) is 2.48. The van der Waals surface area contributed by atoms with Crippen LogP contribution in [0.4, 0.5) is 0 Å². The molecule has 1 N–H and O–H groups in total. The van der Waals surface area contributed by atoms with Crippen molar-refractivity contribution in [1.82, 2.24) is 10.2 Å². The van der Waals surface area contributed by atoms with Crippen LogP contribution in [0.25, 0.3) is 0 Å². The number of rotatable bonds is 6. The molecule has 102 valence electrons. The van der Waals surface area contributed by atoms with E-state index in [1.807, 2.05) is 0 Å². The zero-order valence-corrected chi connectivity index (χ0v) is 12.0. The predicted octanol–water partition coefficient (Wildman–Crippen LogP) is 2.26. The molecule has 0 amide bonds. The van der Waals surface area contributed by atoms with E-state index in [1.54, 1.807) is 0 Å². The third kappa shape index (κ3) is 5.36. The molecule has 0 saturated heterocycles. The average Bonchev–Trinajstić information content (AvgIpc) is 2.52. The van der Waals surface area contributed by atoms with Crippen molar-refractivity contribution in [3.05, 3.63) is 0 Å². The van der Waals surface area contributed by atoms with E-state index in [0.717, 1.165) is 13.2 Å². The van der Waals surface area contributed by atoms with Gasteiger partial charge in [0.15, 0.2) is 0 Å². The first-order valence-electron chi connectivity index (χ1n) is 7.14. The van der Waals surface area contributed by atoms with Gasteiger partial charge >= 0.3 is 0 Å². The molecular formula is C14H30N2O. The minimum atomic E-state index is 0.345. The second-order valence-electron chi connectivity index (χ2n) is 5.50. The summed E-state index contributed by atoms with van der Waals surface area (Å²) in [5.74, 6) is 0. The fourth-order valence-electron chi connectivity index (χ4n) is 2.75. The van der Waals surface area contributed by atoms with E-state index in [0.29, 0.717) is 18.2 Å². The Morgan fingerprint density at radius 2 is 1.94 bits per heavy atom. The highest BCUT2D eigenvalue weighted by atomic mass is 16.5. The summed E-state index contributed by atoms with van der Waals surface area (Å²) in [5.41, 5.74) is 0. The number of likely N-dealkylation sites (N-methyl/N-ethyl adjacent to an activating group) is 2. The van der Waals surface area contributed by atoms with Crippen molar-refractivity contribution < 1.29 is 4.74 Å². The smallest absolute Gasteiger partial charge is 0.0596 e. The van der Waals surface area contributed by atoms with Gasteiger partial charge in [-0.25, -0.2) is 0 Å². The largest absolute Gasteiger partial charge is 0.377 e. The van der Waals surface area contributed by atoms with E-state index in [2.05, 4.69) is 38.2 Å². The van der Waals surface area contributed by atoms with Crippen molar-refractivity contribution in [3.63, 3.8) is 0 Å². The zero-order valence-electron chi connectivity index (χ0n) is 12.0. The van der Waals surface area contributed by atoms with Crippen molar-refractivity contribution in [3.8, 4) is 0 Å². The fourth-order valence-corrected chi connectivity index (χ4v) is 2.75. The molecule has 0 radical (unpaired) electrons. The molecule has 0 aromatic rings.